The van der Waals surface area contributed by atoms with Crippen molar-refractivity contribution < 1.29 is 17.9 Å². The first-order chi connectivity index (χ1) is 10.8. The number of hydrogen-bond donors (Lipinski definition) is 1. The summed E-state index contributed by atoms with van der Waals surface area (Å²) in [5.41, 5.74) is 1.60. The van der Waals surface area contributed by atoms with E-state index in [0.717, 1.165) is 11.3 Å². The second kappa shape index (κ2) is 6.59. The molecule has 1 unspecified atom stereocenters. The van der Waals surface area contributed by atoms with Crippen LogP contribution in [0.4, 0.5) is 0 Å². The number of sulfonamides is 1. The van der Waals surface area contributed by atoms with E-state index >= 15 is 0 Å². The lowest BCUT2D eigenvalue weighted by molar-refractivity contribution is 0.391. The highest BCUT2D eigenvalue weighted by atomic mass is 32.2. The summed E-state index contributed by atoms with van der Waals surface area (Å²) in [5, 5.41) is 4.23. The van der Waals surface area contributed by atoms with Gasteiger partial charge in [-0.3, -0.25) is 4.68 Å². The van der Waals surface area contributed by atoms with Crippen molar-refractivity contribution in [3.05, 3.63) is 35.7 Å². The van der Waals surface area contributed by atoms with Crippen molar-refractivity contribution in [3.63, 3.8) is 0 Å². The van der Waals surface area contributed by atoms with Gasteiger partial charge in [0, 0.05) is 30.9 Å². The van der Waals surface area contributed by atoms with Crippen molar-refractivity contribution in [2.24, 2.45) is 7.05 Å². The first-order valence-electron chi connectivity index (χ1n) is 7.03. The first kappa shape index (κ1) is 17.3. The van der Waals surface area contributed by atoms with Gasteiger partial charge in [-0.15, -0.1) is 0 Å². The highest BCUT2D eigenvalue weighted by Gasteiger charge is 2.24. The maximum atomic E-state index is 12.7. The molecule has 0 aliphatic carbocycles. The zero-order valence-electron chi connectivity index (χ0n) is 13.8. The van der Waals surface area contributed by atoms with Gasteiger partial charge in [0.25, 0.3) is 0 Å². The predicted molar refractivity (Wildman–Crippen MR) is 86.2 cm³/mol. The van der Waals surface area contributed by atoms with Gasteiger partial charge in [-0.25, -0.2) is 13.1 Å². The van der Waals surface area contributed by atoms with Gasteiger partial charge in [0.1, 0.15) is 16.4 Å². The van der Waals surface area contributed by atoms with Crippen LogP contribution in [0.25, 0.3) is 0 Å². The number of hydrogen-bond acceptors (Lipinski definition) is 5. The lowest BCUT2D eigenvalue weighted by Gasteiger charge is -2.16. The molecule has 1 atom stereocenters. The van der Waals surface area contributed by atoms with Crippen LogP contribution in [0.2, 0.25) is 0 Å². The van der Waals surface area contributed by atoms with Gasteiger partial charge in [0.05, 0.1) is 19.9 Å². The van der Waals surface area contributed by atoms with E-state index in [1.165, 1.54) is 20.3 Å². The molecule has 0 saturated carbocycles. The molecule has 8 heteroatoms. The third-order valence-corrected chi connectivity index (χ3v) is 5.07. The molecule has 0 bridgehead atoms. The molecular formula is C15H21N3O4S. The summed E-state index contributed by atoms with van der Waals surface area (Å²) in [6.07, 6.45) is 1.80. The number of benzene rings is 1. The summed E-state index contributed by atoms with van der Waals surface area (Å²) in [7, 11) is 0.917. The second-order valence-electron chi connectivity index (χ2n) is 5.20. The fourth-order valence-electron chi connectivity index (χ4n) is 2.40. The van der Waals surface area contributed by atoms with Crippen LogP contribution in [0, 0.1) is 6.92 Å². The third kappa shape index (κ3) is 3.65. The summed E-state index contributed by atoms with van der Waals surface area (Å²) < 4.78 is 40.0. The Hall–Kier alpha value is -2.06. The zero-order valence-corrected chi connectivity index (χ0v) is 14.6. The molecule has 0 radical (unpaired) electrons. The van der Waals surface area contributed by atoms with Crippen molar-refractivity contribution >= 4 is 10.0 Å². The summed E-state index contributed by atoms with van der Waals surface area (Å²) in [6.45, 7) is 3.61. The number of ether oxygens (including phenoxy) is 2. The zero-order chi connectivity index (χ0) is 17.2. The minimum absolute atomic E-state index is 0.0349. The van der Waals surface area contributed by atoms with E-state index < -0.39 is 16.1 Å². The quantitative estimate of drug-likeness (QED) is 0.867. The Balaban J connectivity index is 2.37. The van der Waals surface area contributed by atoms with E-state index in [-0.39, 0.29) is 10.6 Å². The van der Waals surface area contributed by atoms with E-state index in [2.05, 4.69) is 9.82 Å². The van der Waals surface area contributed by atoms with Crippen molar-refractivity contribution in [2.45, 2.75) is 24.8 Å². The number of nitrogens with one attached hydrogen (secondary N) is 1. The normalized spacial score (nSPS) is 12.9. The highest BCUT2D eigenvalue weighted by Crippen LogP contribution is 2.29. The molecule has 0 fully saturated rings. The van der Waals surface area contributed by atoms with Gasteiger partial charge in [-0.1, -0.05) is 0 Å². The van der Waals surface area contributed by atoms with Crippen LogP contribution in [0.5, 0.6) is 11.5 Å². The molecule has 126 valence electrons. The topological polar surface area (TPSA) is 82.5 Å². The van der Waals surface area contributed by atoms with Gasteiger partial charge >= 0.3 is 0 Å². The second-order valence-corrected chi connectivity index (χ2v) is 6.89. The Kier molecular flexibility index (Phi) is 4.96. The minimum atomic E-state index is -3.78. The van der Waals surface area contributed by atoms with E-state index in [1.807, 2.05) is 6.92 Å². The number of rotatable bonds is 6. The fraction of sp³-hybridized carbons (Fsp3) is 0.400. The van der Waals surface area contributed by atoms with Gasteiger partial charge in [0.15, 0.2) is 0 Å². The summed E-state index contributed by atoms with van der Waals surface area (Å²) in [5.74, 6) is 0.699. The molecule has 1 aromatic carbocycles. The molecule has 0 saturated heterocycles. The fourth-order valence-corrected chi connectivity index (χ4v) is 3.80. The van der Waals surface area contributed by atoms with Gasteiger partial charge < -0.3 is 9.47 Å². The van der Waals surface area contributed by atoms with Crippen molar-refractivity contribution in [1.29, 1.82) is 0 Å². The molecule has 1 aromatic heterocycles. The molecule has 1 heterocycles. The largest absolute Gasteiger partial charge is 0.497 e. The third-order valence-electron chi connectivity index (χ3n) is 3.51. The molecule has 23 heavy (non-hydrogen) atoms. The molecule has 0 aliphatic heterocycles. The smallest absolute Gasteiger partial charge is 0.244 e. The molecule has 7 nitrogen and oxygen atoms in total. The lowest BCUT2D eigenvalue weighted by atomic mass is 10.1. The minimum Gasteiger partial charge on any atom is -0.497 e. The molecule has 2 rings (SSSR count). The van der Waals surface area contributed by atoms with Crippen LogP contribution < -0.4 is 14.2 Å². The summed E-state index contributed by atoms with van der Waals surface area (Å²) in [6, 6.07) is 4.22. The molecule has 0 aliphatic rings. The molecule has 1 N–H and O–H groups in total. The van der Waals surface area contributed by atoms with Gasteiger partial charge in [-0.05, 0) is 26.0 Å². The predicted octanol–water partition coefficient (Wildman–Crippen LogP) is 1.79. The standard InChI is InChI=1S/C15H21N3O4S/c1-10-13(9-18(3)16-10)11(2)17-23(19,20)15-8-12(21-4)6-7-14(15)22-5/h6-9,11,17H,1-5H3. The van der Waals surface area contributed by atoms with E-state index in [4.69, 9.17) is 9.47 Å². The Morgan fingerprint density at radius 3 is 2.48 bits per heavy atom. The average Bonchev–Trinajstić information content (AvgIpc) is 2.85. The van der Waals surface area contributed by atoms with E-state index in [0.29, 0.717) is 5.75 Å². The van der Waals surface area contributed by atoms with Crippen LogP contribution in [-0.4, -0.2) is 32.4 Å². The maximum absolute atomic E-state index is 12.7. The monoisotopic (exact) mass is 339 g/mol. The van der Waals surface area contributed by atoms with Gasteiger partial charge in [0.2, 0.25) is 10.0 Å². The number of aryl methyl sites for hydroxylation is 2. The van der Waals surface area contributed by atoms with Gasteiger partial charge in [-0.2, -0.15) is 5.10 Å². The number of aromatic nitrogens is 2. The lowest BCUT2D eigenvalue weighted by Crippen LogP contribution is -2.27. The molecule has 0 spiro atoms. The van der Waals surface area contributed by atoms with E-state index in [1.54, 1.807) is 37.0 Å². The van der Waals surface area contributed by atoms with Crippen LogP contribution >= 0.6 is 0 Å². The molecule has 2 aromatic rings. The Labute approximate surface area is 136 Å². The van der Waals surface area contributed by atoms with Crippen molar-refractivity contribution in [2.75, 3.05) is 14.2 Å². The SMILES string of the molecule is COc1ccc(OC)c(S(=O)(=O)NC(C)c2cn(C)nc2C)c1. The van der Waals surface area contributed by atoms with E-state index in [9.17, 15) is 8.42 Å². The summed E-state index contributed by atoms with van der Waals surface area (Å²) >= 11 is 0. The van der Waals surface area contributed by atoms with Crippen LogP contribution in [0.15, 0.2) is 29.3 Å². The number of methoxy groups -OCH3 is 2. The maximum Gasteiger partial charge on any atom is 0.244 e. The first-order valence-corrected chi connectivity index (χ1v) is 8.51. The van der Waals surface area contributed by atoms with Crippen molar-refractivity contribution in [3.8, 4) is 11.5 Å². The summed E-state index contributed by atoms with van der Waals surface area (Å²) in [4.78, 5) is 0.0349. The van der Waals surface area contributed by atoms with Crippen molar-refractivity contribution in [1.82, 2.24) is 14.5 Å². The average molecular weight is 339 g/mol. The highest BCUT2D eigenvalue weighted by molar-refractivity contribution is 7.89. The Morgan fingerprint density at radius 1 is 1.26 bits per heavy atom. The van der Waals surface area contributed by atoms with Crippen LogP contribution in [0.3, 0.4) is 0 Å². The van der Waals surface area contributed by atoms with Crippen LogP contribution in [0.1, 0.15) is 24.2 Å². The Bertz CT molecular complexity index is 799. The molecule has 0 amide bonds. The van der Waals surface area contributed by atoms with Crippen LogP contribution in [-0.2, 0) is 17.1 Å². The molecular weight excluding hydrogens is 318 g/mol. The Morgan fingerprint density at radius 2 is 1.96 bits per heavy atom. The number of nitrogens with zero attached hydrogens (tertiary/aromatic N) is 2.